The second-order valence-electron chi connectivity index (χ2n) is 22.8. The largest absolute Gasteiger partial charge is 0.466 e. The van der Waals surface area contributed by atoms with Crippen LogP contribution in [-0.2, 0) is 14.3 Å². The number of aliphatic hydroxyl groups excluding tert-OH is 2. The van der Waals surface area contributed by atoms with Gasteiger partial charge in [0.05, 0.1) is 25.4 Å². The first kappa shape index (κ1) is 73.6. The molecule has 0 rings (SSSR count). The lowest BCUT2D eigenvalue weighted by Crippen LogP contribution is -2.45. The number of rotatable bonds is 62. The molecule has 444 valence electrons. The number of ether oxygens (including phenoxy) is 1. The van der Waals surface area contributed by atoms with Crippen LogP contribution >= 0.6 is 0 Å². The van der Waals surface area contributed by atoms with Crippen molar-refractivity contribution in [2.24, 2.45) is 0 Å². The average molecular weight is 1060 g/mol. The maximum Gasteiger partial charge on any atom is 0.305 e. The first-order valence-corrected chi connectivity index (χ1v) is 33.6. The highest BCUT2D eigenvalue weighted by atomic mass is 16.5. The van der Waals surface area contributed by atoms with E-state index in [1.807, 2.05) is 6.08 Å². The van der Waals surface area contributed by atoms with Crippen molar-refractivity contribution in [3.63, 3.8) is 0 Å². The Bertz CT molecular complexity index is 1320. The Morgan fingerprint density at radius 2 is 0.658 bits per heavy atom. The maximum absolute atomic E-state index is 12.4. The van der Waals surface area contributed by atoms with Gasteiger partial charge in [-0.1, -0.05) is 299 Å². The highest BCUT2D eigenvalue weighted by molar-refractivity contribution is 5.76. The van der Waals surface area contributed by atoms with Crippen molar-refractivity contribution in [1.29, 1.82) is 0 Å². The zero-order valence-corrected chi connectivity index (χ0v) is 50.7. The number of esters is 1. The molecule has 0 aromatic rings. The van der Waals surface area contributed by atoms with Gasteiger partial charge in [0, 0.05) is 12.8 Å². The van der Waals surface area contributed by atoms with E-state index in [1.165, 1.54) is 263 Å². The molecule has 3 N–H and O–H groups in total. The molecule has 0 radical (unpaired) electrons. The maximum atomic E-state index is 12.4. The first-order valence-electron chi connectivity index (χ1n) is 33.6. The monoisotopic (exact) mass is 1060 g/mol. The van der Waals surface area contributed by atoms with E-state index in [2.05, 4.69) is 67.8 Å². The molecule has 6 nitrogen and oxygen atoms in total. The van der Waals surface area contributed by atoms with Crippen molar-refractivity contribution < 1.29 is 24.5 Å². The van der Waals surface area contributed by atoms with E-state index in [4.69, 9.17) is 4.74 Å². The molecule has 0 saturated carbocycles. The molecular formula is C70H129NO5. The van der Waals surface area contributed by atoms with Crippen molar-refractivity contribution in [2.75, 3.05) is 13.2 Å². The van der Waals surface area contributed by atoms with Gasteiger partial charge in [-0.2, -0.15) is 0 Å². The van der Waals surface area contributed by atoms with E-state index in [1.54, 1.807) is 6.08 Å². The molecule has 0 aromatic heterocycles. The summed E-state index contributed by atoms with van der Waals surface area (Å²) in [6.07, 6.45) is 85.7. The molecule has 0 spiro atoms. The van der Waals surface area contributed by atoms with E-state index in [0.29, 0.717) is 19.4 Å². The Labute approximate surface area is 473 Å². The van der Waals surface area contributed by atoms with Gasteiger partial charge in [0.2, 0.25) is 5.91 Å². The Morgan fingerprint density at radius 1 is 0.368 bits per heavy atom. The normalized spacial score (nSPS) is 12.9. The lowest BCUT2D eigenvalue weighted by atomic mass is 10.0. The number of nitrogens with one attached hydrogen (secondary N) is 1. The van der Waals surface area contributed by atoms with Gasteiger partial charge in [-0.25, -0.2) is 0 Å². The summed E-state index contributed by atoms with van der Waals surface area (Å²) in [6, 6.07) is -0.629. The first-order chi connectivity index (χ1) is 37.5. The molecule has 0 heterocycles. The van der Waals surface area contributed by atoms with Crippen LogP contribution in [0.4, 0.5) is 0 Å². The summed E-state index contributed by atoms with van der Waals surface area (Å²) in [5.41, 5.74) is 0. The lowest BCUT2D eigenvalue weighted by Gasteiger charge is -2.20. The number of aliphatic hydroxyl groups is 2. The molecule has 1 amide bonds. The fraction of sp³-hybridized carbons (Fsp3) is 0.829. The number of unbranched alkanes of at least 4 members (excludes halogenated alkanes) is 43. The Kier molecular flexibility index (Phi) is 63.0. The molecule has 2 unspecified atom stereocenters. The third-order valence-electron chi connectivity index (χ3n) is 15.3. The van der Waals surface area contributed by atoms with Crippen molar-refractivity contribution in [3.05, 3.63) is 60.8 Å². The summed E-state index contributed by atoms with van der Waals surface area (Å²) in [6.45, 7) is 4.88. The molecule has 0 aliphatic carbocycles. The van der Waals surface area contributed by atoms with E-state index < -0.39 is 12.1 Å². The van der Waals surface area contributed by atoms with Gasteiger partial charge < -0.3 is 20.3 Å². The third-order valence-corrected chi connectivity index (χ3v) is 15.3. The van der Waals surface area contributed by atoms with Crippen LogP contribution in [0.25, 0.3) is 0 Å². The van der Waals surface area contributed by atoms with Gasteiger partial charge in [0.1, 0.15) is 0 Å². The Balaban J connectivity index is 3.41. The molecule has 6 heteroatoms. The van der Waals surface area contributed by atoms with Gasteiger partial charge in [0.15, 0.2) is 0 Å². The Morgan fingerprint density at radius 3 is 1.01 bits per heavy atom. The van der Waals surface area contributed by atoms with Crippen LogP contribution in [-0.4, -0.2) is 47.4 Å². The number of amides is 1. The minimum Gasteiger partial charge on any atom is -0.466 e. The zero-order valence-electron chi connectivity index (χ0n) is 50.7. The second-order valence-corrected chi connectivity index (χ2v) is 22.8. The molecule has 0 saturated heterocycles. The summed E-state index contributed by atoms with van der Waals surface area (Å²) in [7, 11) is 0. The van der Waals surface area contributed by atoms with Crippen LogP contribution in [0.2, 0.25) is 0 Å². The third kappa shape index (κ3) is 60.8. The summed E-state index contributed by atoms with van der Waals surface area (Å²) < 4.78 is 5.49. The lowest BCUT2D eigenvalue weighted by molar-refractivity contribution is -0.143. The second kappa shape index (κ2) is 65.1. The van der Waals surface area contributed by atoms with Crippen LogP contribution in [0.15, 0.2) is 60.8 Å². The minimum absolute atomic E-state index is 0.00396. The quantitative estimate of drug-likeness (QED) is 0.0320. The number of hydrogen-bond acceptors (Lipinski definition) is 5. The fourth-order valence-electron chi connectivity index (χ4n) is 10.1. The number of hydrogen-bond donors (Lipinski definition) is 3. The standard InChI is InChI=1S/C70H129NO5/c1-3-5-7-9-11-13-15-17-18-19-34-37-40-44-48-52-56-60-64-70(75)76-65-61-57-53-49-45-41-38-35-32-30-28-26-24-22-20-21-23-25-27-29-31-33-36-39-43-47-51-55-59-63-69(74)71-67(66-72)68(73)62-58-54-50-46-42-16-14-12-10-8-6-4-2/h13,15,18-20,22,26,28,58,62,67-68,72-73H,3-12,14,16-17,21,23-25,27,29-57,59-61,63-66H2,1-2H3,(H,71,74)/b15-13-,19-18-,22-20-,28-26-,62-58+. The van der Waals surface area contributed by atoms with Crippen LogP contribution in [0.1, 0.15) is 348 Å². The van der Waals surface area contributed by atoms with Crippen molar-refractivity contribution >= 4 is 11.9 Å². The van der Waals surface area contributed by atoms with E-state index in [-0.39, 0.29) is 18.5 Å². The van der Waals surface area contributed by atoms with Crippen molar-refractivity contribution in [1.82, 2.24) is 5.32 Å². The van der Waals surface area contributed by atoms with Crippen LogP contribution < -0.4 is 5.32 Å². The van der Waals surface area contributed by atoms with Gasteiger partial charge in [-0.05, 0) is 96.3 Å². The van der Waals surface area contributed by atoms with E-state index in [0.717, 1.165) is 57.8 Å². The molecule has 0 fully saturated rings. The molecule has 0 aliphatic heterocycles. The highest BCUT2D eigenvalue weighted by Gasteiger charge is 2.18. The van der Waals surface area contributed by atoms with Crippen molar-refractivity contribution in [3.8, 4) is 0 Å². The van der Waals surface area contributed by atoms with E-state index in [9.17, 15) is 19.8 Å². The topological polar surface area (TPSA) is 95.9 Å². The average Bonchev–Trinajstić information content (AvgIpc) is 3.42. The minimum atomic E-state index is -0.845. The summed E-state index contributed by atoms with van der Waals surface area (Å²) >= 11 is 0. The summed E-state index contributed by atoms with van der Waals surface area (Å²) in [5, 5.41) is 23.1. The molecule has 2 atom stereocenters. The molecule has 76 heavy (non-hydrogen) atoms. The predicted molar refractivity (Wildman–Crippen MR) is 333 cm³/mol. The molecular weight excluding hydrogens is 935 g/mol. The summed E-state index contributed by atoms with van der Waals surface area (Å²) in [5.74, 6) is -0.0657. The van der Waals surface area contributed by atoms with Crippen molar-refractivity contribution in [2.45, 2.75) is 360 Å². The number of allylic oxidation sites excluding steroid dienone is 9. The Hall–Kier alpha value is -2.44. The van der Waals surface area contributed by atoms with Gasteiger partial charge >= 0.3 is 5.97 Å². The molecule has 0 bridgehead atoms. The van der Waals surface area contributed by atoms with Gasteiger partial charge in [-0.15, -0.1) is 0 Å². The van der Waals surface area contributed by atoms with Gasteiger partial charge in [-0.3, -0.25) is 9.59 Å². The SMILES string of the molecule is CCCCCC/C=C\C/C=C\CCCCCCCCCC(=O)OCCCCCCCCCCC/C=C\C/C=C\CCCCCCCCCCCCCCCC(=O)NC(CO)C(O)/C=C/CCCCCCCCCCCC. The molecule has 0 aliphatic rings. The van der Waals surface area contributed by atoms with Gasteiger partial charge in [0.25, 0.3) is 0 Å². The van der Waals surface area contributed by atoms with Crippen LogP contribution in [0.3, 0.4) is 0 Å². The number of carbonyl (C=O) groups is 2. The van der Waals surface area contributed by atoms with E-state index >= 15 is 0 Å². The van der Waals surface area contributed by atoms with Crippen LogP contribution in [0.5, 0.6) is 0 Å². The molecule has 0 aromatic carbocycles. The fourth-order valence-corrected chi connectivity index (χ4v) is 10.1. The number of carbonyl (C=O) groups excluding carboxylic acids is 2. The summed E-state index contributed by atoms with van der Waals surface area (Å²) in [4.78, 5) is 24.5. The zero-order chi connectivity index (χ0) is 55.0. The highest BCUT2D eigenvalue weighted by Crippen LogP contribution is 2.17. The smallest absolute Gasteiger partial charge is 0.305 e. The predicted octanol–water partition coefficient (Wildman–Crippen LogP) is 21.5. The van der Waals surface area contributed by atoms with Crippen LogP contribution in [0, 0.1) is 0 Å².